The van der Waals surface area contributed by atoms with Crippen molar-refractivity contribution in [3.8, 4) is 90.6 Å². The summed E-state index contributed by atoms with van der Waals surface area (Å²) >= 11 is 0. The van der Waals surface area contributed by atoms with Crippen LogP contribution in [0, 0.1) is 48.5 Å². The summed E-state index contributed by atoms with van der Waals surface area (Å²) in [5.41, 5.74) is 23.9. The van der Waals surface area contributed by atoms with E-state index in [-0.39, 0.29) is 0 Å². The third-order valence-electron chi connectivity index (χ3n) is 17.0. The molecule has 0 spiro atoms. The molecule has 6 nitrogen and oxygen atoms in total. The molecule has 1 aliphatic rings. The van der Waals surface area contributed by atoms with Crippen LogP contribution in [-0.2, 0) is 11.8 Å². The van der Waals surface area contributed by atoms with Crippen molar-refractivity contribution in [1.82, 2.24) is 29.9 Å². The molecule has 1 aliphatic carbocycles. The summed E-state index contributed by atoms with van der Waals surface area (Å²) in [4.78, 5) is 32.3. The molecule has 0 unspecified atom stereocenters. The zero-order valence-electron chi connectivity index (χ0n) is 49.3. The number of aromatic nitrogens is 6. The second-order valence-electron chi connectivity index (χ2n) is 23.4. The van der Waals surface area contributed by atoms with E-state index < -0.39 is 5.41 Å². The molecule has 0 fully saturated rings. The summed E-state index contributed by atoms with van der Waals surface area (Å²) in [5.74, 6) is 3.60. The van der Waals surface area contributed by atoms with Crippen LogP contribution < -0.4 is 0 Å². The van der Waals surface area contributed by atoms with Crippen molar-refractivity contribution in [2.75, 3.05) is 0 Å². The summed E-state index contributed by atoms with van der Waals surface area (Å²) in [5, 5.41) is 1.95. The van der Waals surface area contributed by atoms with Gasteiger partial charge in [0.15, 0.2) is 34.9 Å². The van der Waals surface area contributed by atoms with Crippen molar-refractivity contribution in [2.24, 2.45) is 0 Å². The van der Waals surface area contributed by atoms with Crippen LogP contribution in [0.5, 0.6) is 0 Å². The maximum absolute atomic E-state index is 5.52. The highest BCUT2D eigenvalue weighted by atomic mass is 15.0. The molecule has 12 aromatic rings. The average molecular weight is 1090 g/mol. The van der Waals surface area contributed by atoms with Crippen molar-refractivity contribution in [2.45, 2.75) is 92.9 Å². The summed E-state index contributed by atoms with van der Waals surface area (Å²) in [7, 11) is 0. The Bertz CT molecular complexity index is 4320. The molecule has 10 aromatic carbocycles. The second kappa shape index (κ2) is 22.3. The molecule has 410 valence electrons. The number of hydrogen-bond acceptors (Lipinski definition) is 6. The van der Waals surface area contributed by atoms with E-state index in [0.29, 0.717) is 34.9 Å². The van der Waals surface area contributed by atoms with Crippen LogP contribution in [0.3, 0.4) is 0 Å². The number of benzene rings is 10. The lowest BCUT2D eigenvalue weighted by molar-refractivity contribution is 0.667. The third-order valence-corrected chi connectivity index (χ3v) is 17.0. The van der Waals surface area contributed by atoms with Gasteiger partial charge in [-0.3, -0.25) is 0 Å². The van der Waals surface area contributed by atoms with Crippen molar-refractivity contribution in [3.63, 3.8) is 0 Å². The Balaban J connectivity index is 1.09. The van der Waals surface area contributed by atoms with Gasteiger partial charge in [0.25, 0.3) is 0 Å². The van der Waals surface area contributed by atoms with Gasteiger partial charge in [0.2, 0.25) is 0 Å². The number of aryl methyl sites for hydroxylation is 8. The van der Waals surface area contributed by atoms with Gasteiger partial charge in [-0.05, 0) is 152 Å². The molecule has 0 atom stereocenters. The van der Waals surface area contributed by atoms with E-state index in [9.17, 15) is 0 Å². The van der Waals surface area contributed by atoms with Gasteiger partial charge in [-0.2, -0.15) is 0 Å². The zero-order chi connectivity index (χ0) is 57.6. The highest BCUT2D eigenvalue weighted by Crippen LogP contribution is 2.57. The first-order chi connectivity index (χ1) is 40.9. The van der Waals surface area contributed by atoms with Crippen molar-refractivity contribution < 1.29 is 0 Å². The smallest absolute Gasteiger partial charge is 0.164 e. The first-order valence-corrected chi connectivity index (χ1v) is 29.7. The highest BCUT2D eigenvalue weighted by molar-refractivity contribution is 6.06. The van der Waals surface area contributed by atoms with Gasteiger partial charge in [-0.1, -0.05) is 242 Å². The topological polar surface area (TPSA) is 77.3 Å². The molecule has 2 heterocycles. The molecule has 0 amide bonds. The fraction of sp³-hybridized carbons (Fsp3) is 0.179. The van der Waals surface area contributed by atoms with Crippen LogP contribution in [0.25, 0.3) is 101 Å². The Hall–Kier alpha value is -9.52. The molecule has 0 saturated heterocycles. The fourth-order valence-corrected chi connectivity index (χ4v) is 12.3. The Morgan fingerprint density at radius 2 is 0.655 bits per heavy atom. The van der Waals surface area contributed by atoms with Gasteiger partial charge < -0.3 is 0 Å². The first-order valence-electron chi connectivity index (χ1n) is 29.7. The average Bonchev–Trinajstić information content (AvgIpc) is 1.57. The van der Waals surface area contributed by atoms with E-state index in [1.54, 1.807) is 0 Å². The van der Waals surface area contributed by atoms with Gasteiger partial charge in [-0.15, -0.1) is 0 Å². The maximum atomic E-state index is 5.52. The van der Waals surface area contributed by atoms with Crippen LogP contribution in [-0.4, -0.2) is 29.9 Å². The molecule has 0 bridgehead atoms. The summed E-state index contributed by atoms with van der Waals surface area (Å²) < 4.78 is 0. The van der Waals surface area contributed by atoms with Crippen LogP contribution in [0.1, 0.15) is 99.4 Å². The number of hydrogen-bond donors (Lipinski definition) is 0. The minimum Gasteiger partial charge on any atom is -0.208 e. The fourth-order valence-electron chi connectivity index (χ4n) is 12.3. The molecule has 6 heteroatoms. The molecule has 0 radical (unpaired) electrons. The van der Waals surface area contributed by atoms with Crippen LogP contribution in [0.15, 0.2) is 206 Å². The SMILES string of the molecule is CCCCCCc1ccc(-c2nc(-c3ccc(C)cc3)nc(-c3cc(-c4ccc5c(c4)C(c4ccc(C)cc4)(c4ccc(C)cc4)c4cc(C)ccc4-5)cc4c(-c5nc(-c6ccc(C)cc6)nc(-c6ccc(C)cc6)n5)cc(C)cc34)n2)cc1. The predicted molar refractivity (Wildman–Crippen MR) is 347 cm³/mol. The van der Waals surface area contributed by atoms with Crippen LogP contribution >= 0.6 is 0 Å². The number of rotatable bonds is 14. The predicted octanol–water partition coefficient (Wildman–Crippen LogP) is 19.5. The molecule has 84 heavy (non-hydrogen) atoms. The molecule has 0 aliphatic heterocycles. The van der Waals surface area contributed by atoms with E-state index in [1.807, 2.05) is 0 Å². The van der Waals surface area contributed by atoms with E-state index in [0.717, 1.165) is 67.3 Å². The van der Waals surface area contributed by atoms with E-state index in [4.69, 9.17) is 29.9 Å². The zero-order valence-corrected chi connectivity index (χ0v) is 49.3. The molecule has 2 aromatic heterocycles. The van der Waals surface area contributed by atoms with E-state index in [1.165, 1.54) is 98.0 Å². The summed E-state index contributed by atoms with van der Waals surface area (Å²) in [6, 6.07) is 75.8. The minimum absolute atomic E-state index is 0.580. The molecule has 0 N–H and O–H groups in total. The Morgan fingerprint density at radius 3 is 1.13 bits per heavy atom. The van der Waals surface area contributed by atoms with Gasteiger partial charge in [0.05, 0.1) is 5.41 Å². The standard InChI is InChI=1S/C78H68N6/c1-9-10-11-12-13-55-25-33-59(34-26-55)75-80-74(58-31-18-50(4)19-32-58)83-77(84-75)69-46-61(45-67-66(69)42-54(8)43-68(67)76-81-72(56-27-14-48(2)15-28-56)79-73(82-76)57-29-16-49(3)17-30-57)60-35-41-65-64-40-24-53(7)44-70(64)78(71(65)47-60,62-36-20-51(5)21-37-62)63-38-22-52(6)23-39-63/h14-47H,9-13H2,1-8H3. The number of unbranched alkanes of at least 4 members (excludes halogenated alkanes) is 3. The molecular formula is C78H68N6. The van der Waals surface area contributed by atoms with Crippen LogP contribution in [0.4, 0.5) is 0 Å². The monoisotopic (exact) mass is 1090 g/mol. The summed E-state index contributed by atoms with van der Waals surface area (Å²) in [6.45, 7) is 17.3. The molecule has 13 rings (SSSR count). The quantitative estimate of drug-likeness (QED) is 0.101. The maximum Gasteiger partial charge on any atom is 0.164 e. The Morgan fingerprint density at radius 1 is 0.274 bits per heavy atom. The third kappa shape index (κ3) is 10.2. The lowest BCUT2D eigenvalue weighted by Gasteiger charge is -2.34. The Kier molecular flexibility index (Phi) is 14.3. The minimum atomic E-state index is -0.614. The van der Waals surface area contributed by atoms with E-state index in [2.05, 4.69) is 262 Å². The molecule has 0 saturated carbocycles. The highest BCUT2D eigenvalue weighted by Gasteiger charge is 2.46. The first kappa shape index (κ1) is 53.8. The normalized spacial score (nSPS) is 12.4. The van der Waals surface area contributed by atoms with Crippen molar-refractivity contribution in [1.29, 1.82) is 0 Å². The Labute approximate surface area is 494 Å². The summed E-state index contributed by atoms with van der Waals surface area (Å²) in [6.07, 6.45) is 5.92. The van der Waals surface area contributed by atoms with Crippen molar-refractivity contribution >= 4 is 10.8 Å². The number of nitrogens with zero attached hydrogens (tertiary/aromatic N) is 6. The van der Waals surface area contributed by atoms with Gasteiger partial charge in [0, 0.05) is 33.4 Å². The van der Waals surface area contributed by atoms with Crippen molar-refractivity contribution in [3.05, 3.63) is 273 Å². The van der Waals surface area contributed by atoms with Gasteiger partial charge in [-0.25, -0.2) is 29.9 Å². The molecular weight excluding hydrogens is 1020 g/mol. The largest absolute Gasteiger partial charge is 0.208 e. The van der Waals surface area contributed by atoms with Gasteiger partial charge in [0.1, 0.15) is 0 Å². The van der Waals surface area contributed by atoms with Crippen LogP contribution in [0.2, 0.25) is 0 Å². The van der Waals surface area contributed by atoms with E-state index >= 15 is 0 Å². The lowest BCUT2D eigenvalue weighted by atomic mass is 9.67. The number of fused-ring (bicyclic) bond motifs is 4. The van der Waals surface area contributed by atoms with Gasteiger partial charge >= 0.3 is 0 Å². The second-order valence-corrected chi connectivity index (χ2v) is 23.4. The lowest BCUT2D eigenvalue weighted by Crippen LogP contribution is -2.28.